The van der Waals surface area contributed by atoms with Gasteiger partial charge in [-0.25, -0.2) is 0 Å². The third-order valence-corrected chi connectivity index (χ3v) is 4.41. The lowest BCUT2D eigenvalue weighted by Crippen LogP contribution is -2.35. The lowest BCUT2D eigenvalue weighted by molar-refractivity contribution is 0.687. The molecule has 4 rings (SSSR count). The van der Waals surface area contributed by atoms with Gasteiger partial charge in [0.25, 0.3) is 0 Å². The molecule has 2 N–H and O–H groups in total. The second-order valence-corrected chi connectivity index (χ2v) is 6.00. The average molecular weight is 318 g/mol. The lowest BCUT2D eigenvalue weighted by Gasteiger charge is -2.30. The summed E-state index contributed by atoms with van der Waals surface area (Å²) < 4.78 is 1.40. The molecule has 120 valence electrons. The highest BCUT2D eigenvalue weighted by Gasteiger charge is 2.21. The van der Waals surface area contributed by atoms with Crippen molar-refractivity contribution in [2.45, 2.75) is 19.9 Å². The van der Waals surface area contributed by atoms with E-state index in [1.165, 1.54) is 10.2 Å². The summed E-state index contributed by atoms with van der Waals surface area (Å²) in [5.41, 5.74) is 2.61. The van der Waals surface area contributed by atoms with E-state index in [1.807, 2.05) is 36.5 Å². The minimum absolute atomic E-state index is 0.242. The molecule has 24 heavy (non-hydrogen) atoms. The first-order chi connectivity index (χ1) is 11.6. The van der Waals surface area contributed by atoms with Gasteiger partial charge in [0, 0.05) is 42.2 Å². The molecule has 6 nitrogen and oxygen atoms in total. The van der Waals surface area contributed by atoms with Crippen LogP contribution in [0.1, 0.15) is 18.2 Å². The van der Waals surface area contributed by atoms with E-state index in [4.69, 9.17) is 10.8 Å². The van der Waals surface area contributed by atoms with Gasteiger partial charge < -0.3 is 4.90 Å². The third-order valence-electron chi connectivity index (χ3n) is 4.41. The summed E-state index contributed by atoms with van der Waals surface area (Å²) in [5.74, 6) is 1.06. The zero-order chi connectivity index (χ0) is 16.7. The van der Waals surface area contributed by atoms with E-state index in [2.05, 4.69) is 21.0 Å². The Kier molecular flexibility index (Phi) is 3.37. The Morgan fingerprint density at radius 3 is 2.71 bits per heavy atom. The molecule has 0 amide bonds. The van der Waals surface area contributed by atoms with Crippen molar-refractivity contribution in [3.05, 3.63) is 59.3 Å². The first kappa shape index (κ1) is 14.6. The molecule has 1 aliphatic rings. The Hall–Kier alpha value is -3.02. The Bertz CT molecular complexity index is 1000. The molecule has 0 spiro atoms. The third kappa shape index (κ3) is 2.27. The number of hydrogen-bond acceptors (Lipinski definition) is 5. The smallest absolute Gasteiger partial charge is 0.157 e. The van der Waals surface area contributed by atoms with Crippen LogP contribution >= 0.6 is 0 Å². The van der Waals surface area contributed by atoms with E-state index >= 15 is 0 Å². The Labute approximate surface area is 139 Å². The van der Waals surface area contributed by atoms with Crippen molar-refractivity contribution < 1.29 is 0 Å². The molecule has 0 saturated carbocycles. The van der Waals surface area contributed by atoms with Crippen LogP contribution in [0.5, 0.6) is 0 Å². The van der Waals surface area contributed by atoms with Crippen molar-refractivity contribution in [3.63, 3.8) is 0 Å². The Morgan fingerprint density at radius 1 is 1.12 bits per heavy atom. The number of aromatic nitrogens is 3. The van der Waals surface area contributed by atoms with Gasteiger partial charge in [0.2, 0.25) is 0 Å². The molecule has 1 aromatic carbocycles. The molecule has 3 heterocycles. The van der Waals surface area contributed by atoms with Gasteiger partial charge in [-0.1, -0.05) is 30.3 Å². The zero-order valence-electron chi connectivity index (χ0n) is 13.5. The van der Waals surface area contributed by atoms with E-state index in [0.717, 1.165) is 41.8 Å². The van der Waals surface area contributed by atoms with Crippen LogP contribution in [-0.4, -0.2) is 27.1 Å². The maximum absolute atomic E-state index is 8.33. The molecule has 0 atom stereocenters. The van der Waals surface area contributed by atoms with E-state index in [-0.39, 0.29) is 11.3 Å². The summed E-state index contributed by atoms with van der Waals surface area (Å²) >= 11 is 0. The second-order valence-electron chi connectivity index (χ2n) is 6.00. The maximum atomic E-state index is 8.33. The summed E-state index contributed by atoms with van der Waals surface area (Å²) in [6, 6.07) is 11.9. The quantitative estimate of drug-likeness (QED) is 0.533. The molecule has 1 aliphatic heterocycles. The van der Waals surface area contributed by atoms with E-state index in [1.54, 1.807) is 6.92 Å². The molecule has 0 unspecified atom stereocenters. The fourth-order valence-electron chi connectivity index (χ4n) is 3.22. The highest BCUT2D eigenvalue weighted by atomic mass is 15.4. The van der Waals surface area contributed by atoms with Gasteiger partial charge in [0.05, 0.1) is 0 Å². The summed E-state index contributed by atoms with van der Waals surface area (Å²) in [6.07, 6.45) is 2.71. The number of nitrogens with one attached hydrogen (secondary N) is 2. The van der Waals surface area contributed by atoms with Crippen LogP contribution in [0.3, 0.4) is 0 Å². The first-order valence-corrected chi connectivity index (χ1v) is 7.95. The Balaban J connectivity index is 1.90. The standard InChI is InChI=1S/C18H18N6/c1-12(19)24-17(20)14-6-2-3-7-15(14)18(22-24)23-10-8-16-13(11-23)5-4-9-21-16/h2-7,9,19-20H,8,10-11H2,1H3. The van der Waals surface area contributed by atoms with Crippen LogP contribution in [0.15, 0.2) is 42.6 Å². The summed E-state index contributed by atoms with van der Waals surface area (Å²) in [5, 5.41) is 22.6. The van der Waals surface area contributed by atoms with Crippen molar-refractivity contribution in [1.82, 2.24) is 14.8 Å². The highest BCUT2D eigenvalue weighted by molar-refractivity contribution is 5.93. The SMILES string of the molecule is CC(=N)n1nc(N2CCc3ncccc3C2)c2ccccc2c1=N. The van der Waals surface area contributed by atoms with Crippen LogP contribution in [0.4, 0.5) is 5.82 Å². The predicted octanol–water partition coefficient (Wildman–Crippen LogP) is 2.32. The van der Waals surface area contributed by atoms with Crippen LogP contribution < -0.4 is 10.4 Å². The minimum atomic E-state index is 0.242. The van der Waals surface area contributed by atoms with Gasteiger partial charge in [-0.3, -0.25) is 15.8 Å². The number of benzene rings is 1. The number of fused-ring (bicyclic) bond motifs is 2. The molecule has 3 aromatic rings. The summed E-state index contributed by atoms with van der Waals surface area (Å²) in [6.45, 7) is 3.23. The van der Waals surface area contributed by atoms with Gasteiger partial charge in [-0.15, -0.1) is 5.10 Å². The fourth-order valence-corrected chi connectivity index (χ4v) is 3.22. The van der Waals surface area contributed by atoms with Crippen molar-refractivity contribution in [3.8, 4) is 0 Å². The molecule has 2 aromatic heterocycles. The van der Waals surface area contributed by atoms with Crippen molar-refractivity contribution in [2.75, 3.05) is 11.4 Å². The molecule has 0 aliphatic carbocycles. The highest BCUT2D eigenvalue weighted by Crippen LogP contribution is 2.26. The van der Waals surface area contributed by atoms with Crippen molar-refractivity contribution in [1.29, 1.82) is 10.8 Å². The monoisotopic (exact) mass is 318 g/mol. The lowest BCUT2D eigenvalue weighted by atomic mass is 10.0. The van der Waals surface area contributed by atoms with Crippen molar-refractivity contribution >= 4 is 22.4 Å². The van der Waals surface area contributed by atoms with Gasteiger partial charge in [-0.2, -0.15) is 4.68 Å². The normalized spacial score (nSPS) is 13.8. The van der Waals surface area contributed by atoms with Crippen LogP contribution in [0.2, 0.25) is 0 Å². The van der Waals surface area contributed by atoms with Gasteiger partial charge in [0.1, 0.15) is 5.84 Å². The topological polar surface area (TPSA) is 81.7 Å². The zero-order valence-corrected chi connectivity index (χ0v) is 13.5. The van der Waals surface area contributed by atoms with Gasteiger partial charge in [-0.05, 0) is 18.6 Å². The molecule has 0 saturated heterocycles. The van der Waals surface area contributed by atoms with E-state index in [9.17, 15) is 0 Å². The number of hydrogen-bond donors (Lipinski definition) is 2. The summed E-state index contributed by atoms with van der Waals surface area (Å²) in [7, 11) is 0. The average Bonchev–Trinajstić information content (AvgIpc) is 2.61. The maximum Gasteiger partial charge on any atom is 0.157 e. The van der Waals surface area contributed by atoms with Crippen LogP contribution in [0.25, 0.3) is 10.8 Å². The first-order valence-electron chi connectivity index (χ1n) is 7.95. The summed E-state index contributed by atoms with van der Waals surface area (Å²) in [4.78, 5) is 6.67. The second kappa shape index (κ2) is 5.56. The van der Waals surface area contributed by atoms with Gasteiger partial charge >= 0.3 is 0 Å². The molecule has 0 bridgehead atoms. The van der Waals surface area contributed by atoms with Crippen LogP contribution in [0, 0.1) is 10.8 Å². The van der Waals surface area contributed by atoms with Crippen LogP contribution in [-0.2, 0) is 13.0 Å². The molecule has 0 radical (unpaired) electrons. The molecular formula is C18H18N6. The fraction of sp³-hybridized carbons (Fsp3) is 0.222. The number of nitrogens with zero attached hydrogens (tertiary/aromatic N) is 4. The van der Waals surface area contributed by atoms with Crippen molar-refractivity contribution in [2.24, 2.45) is 0 Å². The molecular weight excluding hydrogens is 300 g/mol. The number of pyridine rings is 1. The molecule has 0 fully saturated rings. The predicted molar refractivity (Wildman–Crippen MR) is 93.4 cm³/mol. The largest absolute Gasteiger partial charge is 0.350 e. The number of rotatable bonds is 1. The minimum Gasteiger partial charge on any atom is -0.350 e. The molecule has 6 heteroatoms. The van der Waals surface area contributed by atoms with Gasteiger partial charge in [0.15, 0.2) is 11.3 Å². The number of anilines is 1. The Morgan fingerprint density at radius 2 is 1.92 bits per heavy atom. The van der Waals surface area contributed by atoms with E-state index < -0.39 is 0 Å². The van der Waals surface area contributed by atoms with E-state index in [0.29, 0.717) is 0 Å².